The van der Waals surface area contributed by atoms with Gasteiger partial charge in [-0.2, -0.15) is 5.26 Å². The lowest BCUT2D eigenvalue weighted by molar-refractivity contribution is 0.0341. The number of aromatic amines is 1. The molecule has 1 saturated heterocycles. The van der Waals surface area contributed by atoms with Crippen LogP contribution in [-0.2, 0) is 11.3 Å². The van der Waals surface area contributed by atoms with Gasteiger partial charge in [-0.25, -0.2) is 0 Å². The molecule has 0 spiro atoms. The van der Waals surface area contributed by atoms with Gasteiger partial charge < -0.3 is 15.2 Å². The molecule has 3 N–H and O–H groups in total. The molecule has 0 bridgehead atoms. The zero-order valence-electron chi connectivity index (χ0n) is 14.8. The lowest BCUT2D eigenvalue weighted by atomic mass is 9.88. The van der Waals surface area contributed by atoms with Crippen LogP contribution >= 0.6 is 11.3 Å². The highest BCUT2D eigenvalue weighted by Crippen LogP contribution is 2.45. The van der Waals surface area contributed by atoms with E-state index in [2.05, 4.69) is 34.2 Å². The maximum atomic E-state index is 9.67. The number of H-pyrrole nitrogens is 1. The number of allylic oxidation sites excluding steroid dienone is 1. The summed E-state index contributed by atoms with van der Waals surface area (Å²) in [6.07, 6.45) is 0. The fourth-order valence-electron chi connectivity index (χ4n) is 3.53. The van der Waals surface area contributed by atoms with E-state index in [0.29, 0.717) is 11.5 Å². The van der Waals surface area contributed by atoms with E-state index < -0.39 is 0 Å². The number of ether oxygens (including phenoxy) is 2. The smallest absolute Gasteiger partial charge is 0.244 e. The molecule has 26 heavy (non-hydrogen) atoms. The van der Waals surface area contributed by atoms with Crippen LogP contribution in [0, 0.1) is 25.2 Å². The number of morpholine rings is 1. The summed E-state index contributed by atoms with van der Waals surface area (Å²) in [7, 11) is 0. The molecular formula is C18H21N5O2S. The molecule has 0 unspecified atom stereocenters. The zero-order chi connectivity index (χ0) is 18.3. The molecule has 0 radical (unpaired) electrons. The molecule has 2 aliphatic heterocycles. The van der Waals surface area contributed by atoms with Crippen molar-refractivity contribution in [3.8, 4) is 11.9 Å². The minimum absolute atomic E-state index is 0.136. The number of nitrogens with two attached hydrogens (primary N) is 1. The van der Waals surface area contributed by atoms with Gasteiger partial charge in [0.2, 0.25) is 11.8 Å². The quantitative estimate of drug-likeness (QED) is 0.857. The van der Waals surface area contributed by atoms with Crippen molar-refractivity contribution < 1.29 is 9.47 Å². The van der Waals surface area contributed by atoms with E-state index >= 15 is 0 Å². The van der Waals surface area contributed by atoms with Gasteiger partial charge in [0.15, 0.2) is 0 Å². The van der Waals surface area contributed by atoms with E-state index in [4.69, 9.17) is 15.2 Å². The number of nitrogens with one attached hydrogen (secondary N) is 1. The second-order valence-corrected chi connectivity index (χ2v) is 7.90. The molecule has 8 heteroatoms. The third kappa shape index (κ3) is 2.88. The van der Waals surface area contributed by atoms with Gasteiger partial charge >= 0.3 is 0 Å². The fraction of sp³-hybridized carbons (Fsp3) is 0.444. The first kappa shape index (κ1) is 17.1. The van der Waals surface area contributed by atoms with Crippen LogP contribution in [0.15, 0.2) is 17.5 Å². The molecule has 0 saturated carbocycles. The summed E-state index contributed by atoms with van der Waals surface area (Å²) in [5.41, 5.74) is 9.53. The number of hydrogen-bond acceptors (Lipinski definition) is 7. The molecule has 0 aromatic carbocycles. The monoisotopic (exact) mass is 371 g/mol. The Labute approximate surface area is 156 Å². The molecule has 2 aliphatic rings. The van der Waals surface area contributed by atoms with Gasteiger partial charge in [0.1, 0.15) is 11.6 Å². The van der Waals surface area contributed by atoms with Gasteiger partial charge in [-0.3, -0.25) is 10.00 Å². The Balaban J connectivity index is 1.71. The Bertz CT molecular complexity index is 901. The molecular weight excluding hydrogens is 350 g/mol. The van der Waals surface area contributed by atoms with Gasteiger partial charge in [0, 0.05) is 35.1 Å². The summed E-state index contributed by atoms with van der Waals surface area (Å²) in [5, 5.41) is 16.8. The van der Waals surface area contributed by atoms with Crippen LogP contribution in [0.4, 0.5) is 0 Å². The second-order valence-electron chi connectivity index (χ2n) is 6.61. The fourth-order valence-corrected chi connectivity index (χ4v) is 4.69. The molecule has 2 aromatic heterocycles. The van der Waals surface area contributed by atoms with Crippen LogP contribution in [0.1, 0.15) is 32.5 Å². The van der Waals surface area contributed by atoms with Crippen LogP contribution in [0.2, 0.25) is 0 Å². The Morgan fingerprint density at radius 3 is 2.92 bits per heavy atom. The first-order valence-corrected chi connectivity index (χ1v) is 9.42. The lowest BCUT2D eigenvalue weighted by Crippen LogP contribution is -2.35. The van der Waals surface area contributed by atoms with Crippen molar-refractivity contribution in [2.75, 3.05) is 26.3 Å². The first-order valence-electron chi connectivity index (χ1n) is 8.60. The minimum atomic E-state index is -0.232. The first-order chi connectivity index (χ1) is 12.6. The normalized spacial score (nSPS) is 20.6. The van der Waals surface area contributed by atoms with Crippen molar-refractivity contribution in [1.29, 1.82) is 5.26 Å². The van der Waals surface area contributed by atoms with E-state index in [1.807, 2.05) is 6.92 Å². The predicted octanol–water partition coefficient (Wildman–Crippen LogP) is 2.14. The maximum Gasteiger partial charge on any atom is 0.244 e. The number of aryl methyl sites for hydroxylation is 2. The molecule has 2 aromatic rings. The average Bonchev–Trinajstić information content (AvgIpc) is 3.18. The Hall–Kier alpha value is -2.34. The Morgan fingerprint density at radius 2 is 2.19 bits per heavy atom. The molecule has 1 atom stereocenters. The van der Waals surface area contributed by atoms with Crippen molar-refractivity contribution in [2.45, 2.75) is 26.3 Å². The second kappa shape index (κ2) is 6.76. The molecule has 7 nitrogen and oxygen atoms in total. The topological polar surface area (TPSA) is 100 Å². The summed E-state index contributed by atoms with van der Waals surface area (Å²) in [6.45, 7) is 8.43. The van der Waals surface area contributed by atoms with Crippen molar-refractivity contribution in [3.63, 3.8) is 0 Å². The van der Waals surface area contributed by atoms with Crippen LogP contribution in [0.5, 0.6) is 5.88 Å². The summed E-state index contributed by atoms with van der Waals surface area (Å²) in [5.74, 6) is 0.367. The van der Waals surface area contributed by atoms with Gasteiger partial charge in [-0.15, -0.1) is 16.4 Å². The number of hydrogen-bond donors (Lipinski definition) is 2. The number of thiophene rings is 1. The largest absolute Gasteiger partial charge is 0.420 e. The Morgan fingerprint density at radius 1 is 1.42 bits per heavy atom. The highest BCUT2D eigenvalue weighted by molar-refractivity contribution is 7.12. The van der Waals surface area contributed by atoms with Crippen molar-refractivity contribution in [1.82, 2.24) is 15.1 Å². The average molecular weight is 371 g/mol. The molecule has 1 fully saturated rings. The third-order valence-electron chi connectivity index (χ3n) is 4.95. The summed E-state index contributed by atoms with van der Waals surface area (Å²) in [4.78, 5) is 4.76. The van der Waals surface area contributed by atoms with E-state index in [1.165, 1.54) is 10.4 Å². The van der Waals surface area contributed by atoms with Gasteiger partial charge in [-0.05, 0) is 25.5 Å². The number of fused-ring (bicyclic) bond motifs is 1. The maximum absolute atomic E-state index is 9.67. The standard InChI is InChI=1S/C18H21N5O2S/c1-10-15-16(13(8-19)17(20)25-18(15)22-21-10)14-7-12(11(2)26-14)9-23-3-5-24-6-4-23/h7,16H,3-6,9,20H2,1-2H3,(H,21,22)/t16-/m0/s1. The summed E-state index contributed by atoms with van der Waals surface area (Å²) >= 11 is 1.71. The third-order valence-corrected chi connectivity index (χ3v) is 6.11. The lowest BCUT2D eigenvalue weighted by Gasteiger charge is -2.26. The molecule has 4 heterocycles. The highest BCUT2D eigenvalue weighted by atomic mass is 32.1. The van der Waals surface area contributed by atoms with E-state index in [0.717, 1.165) is 49.0 Å². The van der Waals surface area contributed by atoms with Gasteiger partial charge in [0.25, 0.3) is 0 Å². The van der Waals surface area contributed by atoms with Crippen LogP contribution in [0.25, 0.3) is 0 Å². The highest BCUT2D eigenvalue weighted by Gasteiger charge is 2.35. The zero-order valence-corrected chi connectivity index (χ0v) is 15.7. The molecule has 0 aliphatic carbocycles. The summed E-state index contributed by atoms with van der Waals surface area (Å²) in [6, 6.07) is 4.44. The van der Waals surface area contributed by atoms with E-state index in [9.17, 15) is 5.26 Å². The molecule has 0 amide bonds. The van der Waals surface area contributed by atoms with Gasteiger partial charge in [0.05, 0.1) is 24.7 Å². The van der Waals surface area contributed by atoms with Crippen molar-refractivity contribution >= 4 is 11.3 Å². The predicted molar refractivity (Wildman–Crippen MR) is 97.8 cm³/mol. The number of nitriles is 1. The summed E-state index contributed by atoms with van der Waals surface area (Å²) < 4.78 is 11.0. The van der Waals surface area contributed by atoms with Crippen LogP contribution < -0.4 is 10.5 Å². The number of nitrogens with zero attached hydrogens (tertiary/aromatic N) is 3. The van der Waals surface area contributed by atoms with E-state index in [1.54, 1.807) is 11.3 Å². The minimum Gasteiger partial charge on any atom is -0.420 e. The molecule has 136 valence electrons. The number of rotatable bonds is 3. The number of aromatic nitrogens is 2. The van der Waals surface area contributed by atoms with E-state index in [-0.39, 0.29) is 11.8 Å². The van der Waals surface area contributed by atoms with Crippen LogP contribution in [0.3, 0.4) is 0 Å². The van der Waals surface area contributed by atoms with Gasteiger partial charge in [-0.1, -0.05) is 0 Å². The SMILES string of the molecule is Cc1[nH]nc2c1[C@H](c1cc(CN3CCOCC3)c(C)s1)C(C#N)=C(N)O2. The Kier molecular flexibility index (Phi) is 4.44. The van der Waals surface area contributed by atoms with Crippen molar-refractivity contribution in [3.05, 3.63) is 44.1 Å². The van der Waals surface area contributed by atoms with Crippen molar-refractivity contribution in [2.24, 2.45) is 5.73 Å². The molecule has 4 rings (SSSR count). The van der Waals surface area contributed by atoms with Crippen LogP contribution in [-0.4, -0.2) is 41.4 Å².